The van der Waals surface area contributed by atoms with Gasteiger partial charge in [0.05, 0.1) is 30.1 Å². The lowest BCUT2D eigenvalue weighted by molar-refractivity contribution is -0.115. The molecule has 2 aromatic carbocycles. The second kappa shape index (κ2) is 12.2. The summed E-state index contributed by atoms with van der Waals surface area (Å²) in [4.78, 5) is 16.5. The quantitative estimate of drug-likeness (QED) is 0.266. The van der Waals surface area contributed by atoms with Crippen LogP contribution < -0.4 is 15.8 Å². The Labute approximate surface area is 233 Å². The molecule has 2 aliphatic heterocycles. The molecular formula is C28H34N4O5S2. The molecule has 0 saturated carbocycles. The van der Waals surface area contributed by atoms with Crippen LogP contribution in [0.4, 0.5) is 0 Å². The minimum atomic E-state index is -3.60. The van der Waals surface area contributed by atoms with Gasteiger partial charge in [-0.15, -0.1) is 11.8 Å². The zero-order chi connectivity index (χ0) is 27.3. The van der Waals surface area contributed by atoms with Gasteiger partial charge in [-0.25, -0.2) is 8.42 Å². The number of hydrogen-bond donors (Lipinski definition) is 2. The normalized spacial score (nSPS) is 19.4. The fourth-order valence-electron chi connectivity index (χ4n) is 5.18. The minimum absolute atomic E-state index is 0.238. The molecule has 1 aromatic heterocycles. The molecule has 5 rings (SSSR count). The first-order chi connectivity index (χ1) is 18.8. The van der Waals surface area contributed by atoms with Gasteiger partial charge in [-0.2, -0.15) is 4.31 Å². The van der Waals surface area contributed by atoms with Crippen LogP contribution in [-0.2, 0) is 19.6 Å². The van der Waals surface area contributed by atoms with Gasteiger partial charge in [-0.3, -0.25) is 9.78 Å². The Balaban J connectivity index is 1.05. The van der Waals surface area contributed by atoms with Gasteiger partial charge in [-0.1, -0.05) is 24.3 Å². The molecule has 2 aliphatic rings. The molecule has 39 heavy (non-hydrogen) atoms. The van der Waals surface area contributed by atoms with E-state index in [2.05, 4.69) is 10.3 Å². The Morgan fingerprint density at radius 2 is 2.00 bits per heavy atom. The number of hydrogen-bond acceptors (Lipinski definition) is 8. The molecule has 1 amide bonds. The first kappa shape index (κ1) is 27.9. The number of carbonyl (C=O) groups is 1. The summed E-state index contributed by atoms with van der Waals surface area (Å²) in [5.74, 6) is 0.673. The van der Waals surface area contributed by atoms with Crippen molar-refractivity contribution in [1.82, 2.24) is 14.6 Å². The van der Waals surface area contributed by atoms with E-state index in [-0.39, 0.29) is 28.2 Å². The molecule has 2 saturated heterocycles. The molecule has 0 bridgehead atoms. The number of thioether (sulfide) groups is 1. The highest BCUT2D eigenvalue weighted by atomic mass is 32.2. The van der Waals surface area contributed by atoms with Crippen LogP contribution in [0, 0.1) is 0 Å². The average molecular weight is 571 g/mol. The SMILES string of the molecule is NC(=O)CSc1cccc(OCCCNC2COC3(CCN(S(=O)(=O)c4cnc5ccccc5c4)CC3)C2)c1. The number of primary amides is 1. The molecule has 1 unspecified atom stereocenters. The molecule has 0 radical (unpaired) electrons. The van der Waals surface area contributed by atoms with Crippen molar-refractivity contribution >= 4 is 38.6 Å². The molecule has 9 nitrogen and oxygen atoms in total. The summed E-state index contributed by atoms with van der Waals surface area (Å²) in [6, 6.07) is 17.1. The van der Waals surface area contributed by atoms with Crippen LogP contribution in [-0.4, -0.2) is 73.9 Å². The summed E-state index contributed by atoms with van der Waals surface area (Å²) in [6.07, 6.45) is 4.53. The number of nitrogens with two attached hydrogens (primary N) is 1. The number of fused-ring (bicyclic) bond motifs is 1. The van der Waals surface area contributed by atoms with E-state index in [4.69, 9.17) is 15.2 Å². The van der Waals surface area contributed by atoms with E-state index >= 15 is 0 Å². The number of amides is 1. The Bertz CT molecular complexity index is 1410. The number of ether oxygens (including phenoxy) is 2. The van der Waals surface area contributed by atoms with E-state index in [0.717, 1.165) is 40.9 Å². The lowest BCUT2D eigenvalue weighted by Crippen LogP contribution is -2.46. The largest absolute Gasteiger partial charge is 0.494 e. The lowest BCUT2D eigenvalue weighted by atomic mass is 9.88. The first-order valence-electron chi connectivity index (χ1n) is 13.2. The summed E-state index contributed by atoms with van der Waals surface area (Å²) in [7, 11) is -3.60. The van der Waals surface area contributed by atoms with Crippen LogP contribution >= 0.6 is 11.8 Å². The van der Waals surface area contributed by atoms with Gasteiger partial charge in [0.15, 0.2) is 0 Å². The monoisotopic (exact) mass is 570 g/mol. The van der Waals surface area contributed by atoms with Gasteiger partial charge < -0.3 is 20.5 Å². The second-order valence-corrected chi connectivity index (χ2v) is 13.0. The highest BCUT2D eigenvalue weighted by Gasteiger charge is 2.44. The zero-order valence-corrected chi connectivity index (χ0v) is 23.4. The molecule has 208 valence electrons. The van der Waals surface area contributed by atoms with Gasteiger partial charge in [0, 0.05) is 35.6 Å². The van der Waals surface area contributed by atoms with Gasteiger partial charge in [0.25, 0.3) is 0 Å². The van der Waals surface area contributed by atoms with Crippen LogP contribution in [0.2, 0.25) is 0 Å². The van der Waals surface area contributed by atoms with E-state index in [1.54, 1.807) is 10.4 Å². The minimum Gasteiger partial charge on any atom is -0.494 e. The number of piperidine rings is 1. The lowest BCUT2D eigenvalue weighted by Gasteiger charge is -2.38. The number of nitrogens with one attached hydrogen (secondary N) is 1. The number of rotatable bonds is 11. The third kappa shape index (κ3) is 6.90. The van der Waals surface area contributed by atoms with E-state index in [0.29, 0.717) is 39.1 Å². The molecule has 3 aromatic rings. The van der Waals surface area contributed by atoms with Crippen molar-refractivity contribution < 1.29 is 22.7 Å². The molecule has 3 N–H and O–H groups in total. The summed E-state index contributed by atoms with van der Waals surface area (Å²) in [5.41, 5.74) is 5.72. The topological polar surface area (TPSA) is 124 Å². The Kier molecular flexibility index (Phi) is 8.73. The summed E-state index contributed by atoms with van der Waals surface area (Å²) < 4.78 is 40.2. The van der Waals surface area contributed by atoms with Crippen LogP contribution in [0.5, 0.6) is 5.75 Å². The molecule has 1 atom stereocenters. The van der Waals surface area contributed by atoms with Crippen LogP contribution in [0.1, 0.15) is 25.7 Å². The van der Waals surface area contributed by atoms with Gasteiger partial charge in [0.2, 0.25) is 15.9 Å². The summed E-state index contributed by atoms with van der Waals surface area (Å²) >= 11 is 1.39. The van der Waals surface area contributed by atoms with Gasteiger partial charge in [0.1, 0.15) is 10.6 Å². The van der Waals surface area contributed by atoms with Crippen molar-refractivity contribution in [2.24, 2.45) is 5.73 Å². The van der Waals surface area contributed by atoms with E-state index in [1.807, 2.05) is 48.5 Å². The fraction of sp³-hybridized carbons (Fsp3) is 0.429. The number of aromatic nitrogens is 1. The van der Waals surface area contributed by atoms with E-state index in [1.165, 1.54) is 18.0 Å². The molecular weight excluding hydrogens is 536 g/mol. The summed E-state index contributed by atoms with van der Waals surface area (Å²) in [6.45, 7) is 2.88. The van der Waals surface area contributed by atoms with Gasteiger partial charge in [-0.05, 0) is 62.6 Å². The average Bonchev–Trinajstić information content (AvgIpc) is 3.33. The zero-order valence-electron chi connectivity index (χ0n) is 21.8. The van der Waals surface area contributed by atoms with Crippen molar-refractivity contribution in [2.45, 2.75) is 47.1 Å². The third-order valence-corrected chi connectivity index (χ3v) is 10.1. The number of pyridine rings is 1. The third-order valence-electron chi connectivity index (χ3n) is 7.26. The highest BCUT2D eigenvalue weighted by molar-refractivity contribution is 8.00. The molecule has 2 fully saturated rings. The number of benzene rings is 2. The number of sulfonamides is 1. The second-order valence-electron chi connectivity index (χ2n) is 10.0. The molecule has 1 spiro atoms. The van der Waals surface area contributed by atoms with Crippen molar-refractivity contribution in [2.75, 3.05) is 38.6 Å². The predicted molar refractivity (Wildman–Crippen MR) is 151 cm³/mol. The number of para-hydroxylation sites is 1. The fourth-order valence-corrected chi connectivity index (χ4v) is 7.28. The van der Waals surface area contributed by atoms with Crippen molar-refractivity contribution in [3.63, 3.8) is 0 Å². The number of nitrogens with zero attached hydrogens (tertiary/aromatic N) is 2. The van der Waals surface area contributed by atoms with Gasteiger partial charge >= 0.3 is 0 Å². The van der Waals surface area contributed by atoms with E-state index in [9.17, 15) is 13.2 Å². The smallest absolute Gasteiger partial charge is 0.244 e. The maximum absolute atomic E-state index is 13.3. The Morgan fingerprint density at radius 1 is 1.18 bits per heavy atom. The molecule has 0 aliphatic carbocycles. The maximum Gasteiger partial charge on any atom is 0.244 e. The van der Waals surface area contributed by atoms with E-state index < -0.39 is 10.0 Å². The van der Waals surface area contributed by atoms with Crippen molar-refractivity contribution in [3.8, 4) is 5.75 Å². The van der Waals surface area contributed by atoms with Crippen LogP contribution in [0.15, 0.2) is 70.6 Å². The number of carbonyl (C=O) groups excluding carboxylic acids is 1. The standard InChI is InChI=1S/C28H34N4O5S2/c29-27(33)20-38-24-7-3-6-23(16-24)36-14-4-11-30-22-17-28(37-19-22)9-12-32(13-10-28)39(34,35)25-15-21-5-1-2-8-26(21)31-18-25/h1-3,5-8,15-16,18,22,30H,4,9-14,17,19-20H2,(H2,29,33). The Morgan fingerprint density at radius 3 is 2.82 bits per heavy atom. The molecule has 3 heterocycles. The highest BCUT2D eigenvalue weighted by Crippen LogP contribution is 2.37. The summed E-state index contributed by atoms with van der Waals surface area (Å²) in [5, 5.41) is 4.39. The molecule has 11 heteroatoms. The maximum atomic E-state index is 13.3. The predicted octanol–water partition coefficient (Wildman–Crippen LogP) is 3.18. The van der Waals surface area contributed by atoms with Crippen molar-refractivity contribution in [3.05, 3.63) is 60.8 Å². The first-order valence-corrected chi connectivity index (χ1v) is 15.6. The van der Waals surface area contributed by atoms with Crippen LogP contribution in [0.25, 0.3) is 10.9 Å². The Hall–Kier alpha value is -2.70. The van der Waals surface area contributed by atoms with Crippen LogP contribution in [0.3, 0.4) is 0 Å². The van der Waals surface area contributed by atoms with Crippen molar-refractivity contribution in [1.29, 1.82) is 0 Å².